The number of nitrogens with two attached hydrogens (primary N) is 2. The number of piperidine rings is 2. The molecular formula is C61H63N19O9S2. The van der Waals surface area contributed by atoms with E-state index in [9.17, 15) is 36.0 Å². The molecule has 14 rings (SSSR count). The Morgan fingerprint density at radius 3 is 1.51 bits per heavy atom. The van der Waals surface area contributed by atoms with Gasteiger partial charge in [-0.2, -0.15) is 24.2 Å². The van der Waals surface area contributed by atoms with Crippen LogP contribution >= 0.6 is 0 Å². The minimum Gasteiger partial charge on any atom is -0.477 e. The summed E-state index contributed by atoms with van der Waals surface area (Å²) < 4.78 is 54.7. The number of anilines is 3. The van der Waals surface area contributed by atoms with Crippen molar-refractivity contribution in [1.82, 2.24) is 69.9 Å². The number of amides is 3. The van der Waals surface area contributed by atoms with Crippen molar-refractivity contribution in [2.24, 2.45) is 10.2 Å². The molecule has 6 atom stereocenters. The lowest BCUT2D eigenvalue weighted by Gasteiger charge is -2.38. The van der Waals surface area contributed by atoms with Gasteiger partial charge in [0.2, 0.25) is 23.6 Å². The Bertz CT molecular complexity index is 4610. The van der Waals surface area contributed by atoms with Gasteiger partial charge in [-0.3, -0.25) is 34.8 Å². The van der Waals surface area contributed by atoms with Crippen molar-refractivity contribution in [2.45, 2.75) is 117 Å². The van der Waals surface area contributed by atoms with Crippen LogP contribution in [0.2, 0.25) is 0 Å². The van der Waals surface area contributed by atoms with E-state index in [1.54, 1.807) is 29.7 Å². The van der Waals surface area contributed by atoms with Gasteiger partial charge in [-0.15, -0.1) is 15.3 Å². The Morgan fingerprint density at radius 2 is 1.08 bits per heavy atom. The van der Waals surface area contributed by atoms with Crippen LogP contribution in [0.15, 0.2) is 130 Å². The summed E-state index contributed by atoms with van der Waals surface area (Å²) in [5.41, 5.74) is 21.6. The number of aromatic amines is 1. The summed E-state index contributed by atoms with van der Waals surface area (Å²) >= 11 is 0. The average molecular weight is 1270 g/mol. The second kappa shape index (κ2) is 24.6. The zero-order valence-corrected chi connectivity index (χ0v) is 51.4. The van der Waals surface area contributed by atoms with Gasteiger partial charge in [0.25, 0.3) is 5.91 Å². The number of carbonyl (C=O) groups is 4. The molecule has 7 aromatic heterocycles. The maximum Gasteiger partial charge on any atom is 0.352 e. The molecule has 0 aliphatic carbocycles. The summed E-state index contributed by atoms with van der Waals surface area (Å²) in [7, 11) is -7.38. The van der Waals surface area contributed by atoms with E-state index in [0.29, 0.717) is 53.2 Å². The van der Waals surface area contributed by atoms with Crippen LogP contribution < -0.4 is 27.4 Å². The number of aliphatic carboxylic acids is 1. The second-order valence-corrected chi connectivity index (χ2v) is 27.1. The molecule has 9 N–H and O–H groups in total. The maximum absolute atomic E-state index is 13.5. The van der Waals surface area contributed by atoms with Crippen LogP contribution in [0, 0.1) is 0 Å². The first-order valence-corrected chi connectivity index (χ1v) is 33.1. The van der Waals surface area contributed by atoms with Gasteiger partial charge in [0, 0.05) is 108 Å². The van der Waals surface area contributed by atoms with E-state index in [2.05, 4.69) is 61.5 Å². The molecular weight excluding hydrogens is 1210 g/mol. The molecule has 3 amide bonds. The number of H-pyrrole nitrogens is 1. The molecule has 4 saturated heterocycles. The third kappa shape index (κ3) is 12.6. The molecule has 0 saturated carbocycles. The number of hydrogen-bond acceptors (Lipinski definition) is 21. The van der Waals surface area contributed by atoms with E-state index in [1.165, 1.54) is 29.1 Å². The fourth-order valence-corrected chi connectivity index (χ4v) is 15.0. The largest absolute Gasteiger partial charge is 0.477 e. The van der Waals surface area contributed by atoms with Gasteiger partial charge in [0.1, 0.15) is 27.3 Å². The van der Waals surface area contributed by atoms with Gasteiger partial charge in [0.05, 0.1) is 41.6 Å². The number of hydrogen-bond donors (Lipinski definition) is 7. The Morgan fingerprint density at radius 1 is 0.593 bits per heavy atom. The number of carboxylic acids is 1. The van der Waals surface area contributed by atoms with Crippen molar-refractivity contribution in [1.29, 1.82) is 0 Å². The van der Waals surface area contributed by atoms with E-state index >= 15 is 0 Å². The smallest absolute Gasteiger partial charge is 0.352 e. The highest BCUT2D eigenvalue weighted by Gasteiger charge is 2.47. The molecule has 4 fully saturated rings. The molecule has 4 bridgehead atoms. The number of pyridine rings is 2. The Hall–Kier alpha value is -10.2. The lowest BCUT2D eigenvalue weighted by molar-refractivity contribution is -0.129. The monoisotopic (exact) mass is 1270 g/mol. The predicted octanol–water partition coefficient (Wildman–Crippen LogP) is 5.88. The normalized spacial score (nSPS) is 20.0. The molecule has 0 radical (unpaired) electrons. The Balaban J connectivity index is 0.000000153. The van der Waals surface area contributed by atoms with Crippen LogP contribution in [-0.2, 0) is 34.1 Å². The molecule has 0 spiro atoms. The highest BCUT2D eigenvalue weighted by molar-refractivity contribution is 7.91. The topological polar surface area (TPSA) is 401 Å². The van der Waals surface area contributed by atoms with Gasteiger partial charge in [-0.25, -0.2) is 31.6 Å². The number of rotatable bonds is 11. The van der Waals surface area contributed by atoms with E-state index in [0.717, 1.165) is 84.0 Å². The molecule has 91 heavy (non-hydrogen) atoms. The molecule has 12 heterocycles. The first-order valence-electron chi connectivity index (χ1n) is 29.3. The zero-order chi connectivity index (χ0) is 64.0. The SMILES string of the molecule is CC(=O)NC1=NN=C(C(=O)O)C1.CC(=O)Nc1n[nH]c(C(=O)N2[C@@H]3CC[C@H]2CC(c2nc4c(-c5ccc(-c6ccccc6)nc5)cnn4c(N)c2S(C)(=O)=O)C3)n1.CS(=O)(=O)c1c(C2C[C@H]3CC[C@@H](C2)N3)nc2c(-c3ccc(-c4ccccc4)nc3)cnn2c1N. The minimum atomic E-state index is -3.79. The van der Waals surface area contributed by atoms with Crippen molar-refractivity contribution in [3.63, 3.8) is 0 Å². The first-order chi connectivity index (χ1) is 43.6. The van der Waals surface area contributed by atoms with Crippen molar-refractivity contribution < 1.29 is 41.1 Å². The van der Waals surface area contributed by atoms with Gasteiger partial charge < -0.3 is 32.1 Å². The van der Waals surface area contributed by atoms with E-state index in [-0.39, 0.29) is 92.8 Å². The highest BCUT2D eigenvalue weighted by Crippen LogP contribution is 2.46. The number of nitrogen functional groups attached to an aromatic ring is 2. The fraction of sp³-hybridized carbons (Fsp3) is 0.311. The molecule has 2 aromatic carbocycles. The summed E-state index contributed by atoms with van der Waals surface area (Å²) in [6.07, 6.45) is 15.7. The van der Waals surface area contributed by atoms with Gasteiger partial charge in [-0.1, -0.05) is 72.8 Å². The lowest BCUT2D eigenvalue weighted by atomic mass is 9.87. The Labute approximate surface area is 521 Å². The fourth-order valence-electron chi connectivity index (χ4n) is 12.9. The quantitative estimate of drug-likeness (QED) is 0.0795. The summed E-state index contributed by atoms with van der Waals surface area (Å²) in [5.74, 6) is -1.83. The van der Waals surface area contributed by atoms with Crippen molar-refractivity contribution in [3.05, 3.63) is 127 Å². The average Bonchev–Trinajstić information content (AvgIpc) is 1.73. The third-order valence-electron chi connectivity index (χ3n) is 16.7. The van der Waals surface area contributed by atoms with Crippen LogP contribution in [0.3, 0.4) is 0 Å². The van der Waals surface area contributed by atoms with E-state index in [1.807, 2.05) is 84.9 Å². The van der Waals surface area contributed by atoms with Crippen molar-refractivity contribution in [3.8, 4) is 44.8 Å². The summed E-state index contributed by atoms with van der Waals surface area (Å²) in [6.45, 7) is 2.65. The number of aromatic nitrogens is 11. The summed E-state index contributed by atoms with van der Waals surface area (Å²) in [5, 5.41) is 39.1. The van der Waals surface area contributed by atoms with E-state index in [4.69, 9.17) is 26.5 Å². The molecule has 5 aliphatic rings. The molecule has 9 aromatic rings. The number of amidine groups is 1. The number of nitrogens with zero attached hydrogens (tertiary/aromatic N) is 13. The standard InChI is InChI=1S/C30H30N10O4S.C25H26N6O2S.C6H7N3O3/c1-16(41)34-30-36-27(37-38-30)29(42)39-20-9-10-21(39)13-19(12-20)24-25(45(2,43)44)26(31)40-28(35-24)22(15-33-40)18-8-11-23(32-14-18)17-6-4-3-5-7-17;1-34(32,33)23-22(17-11-18-8-9-19(12-17)29-18)30-25-20(14-28-31(25)24(23)26)16-7-10-21(27-13-16)15-5-3-2-4-6-15;1-3(10)7-5-2-4(6(11)12)8-9-5/h3-8,11,14-15,19-21H,9-10,12-13,31H2,1-2H3,(H2,34,36,37,38,41);2-7,10,13-14,17-19,29H,8-9,11-12,26H2,1H3;2H2,1H3,(H,11,12)(H,7,9,10)/t19?,20-,21+;17?,18-,19+;. The number of carboxylic acid groups (broad SMARTS) is 1. The minimum absolute atomic E-state index is 0.00405. The van der Waals surface area contributed by atoms with Crippen LogP contribution in [0.25, 0.3) is 56.1 Å². The molecule has 30 heteroatoms. The number of sulfone groups is 2. The van der Waals surface area contributed by atoms with Crippen LogP contribution in [0.5, 0.6) is 0 Å². The zero-order valence-electron chi connectivity index (χ0n) is 49.7. The Kier molecular flexibility index (Phi) is 16.5. The number of benzene rings is 2. The van der Waals surface area contributed by atoms with Gasteiger partial charge >= 0.3 is 5.97 Å². The highest BCUT2D eigenvalue weighted by atomic mass is 32.2. The number of carbonyl (C=O) groups excluding carboxylic acids is 3. The molecule has 28 nitrogen and oxygen atoms in total. The second-order valence-electron chi connectivity index (χ2n) is 23.2. The maximum atomic E-state index is 13.5. The summed E-state index contributed by atoms with van der Waals surface area (Å²) in [6, 6.07) is 28.1. The summed E-state index contributed by atoms with van der Waals surface area (Å²) in [4.78, 5) is 70.8. The predicted molar refractivity (Wildman–Crippen MR) is 337 cm³/mol. The van der Waals surface area contributed by atoms with Gasteiger partial charge in [-0.05, 0) is 63.5 Å². The van der Waals surface area contributed by atoms with Crippen LogP contribution in [0.4, 0.5) is 17.6 Å². The number of fused-ring (bicyclic) bond motifs is 6. The molecule has 468 valence electrons. The third-order valence-corrected chi connectivity index (χ3v) is 19.1. The molecule has 2 unspecified atom stereocenters. The lowest BCUT2D eigenvalue weighted by Crippen LogP contribution is -2.46. The van der Waals surface area contributed by atoms with Crippen molar-refractivity contribution in [2.75, 3.05) is 29.3 Å². The first kappa shape index (κ1) is 61.1. The van der Waals surface area contributed by atoms with Crippen molar-refractivity contribution >= 4 is 83.8 Å². The van der Waals surface area contributed by atoms with Crippen LogP contribution in [0.1, 0.15) is 105 Å². The van der Waals surface area contributed by atoms with Gasteiger partial charge in [0.15, 0.2) is 36.7 Å². The molecule has 5 aliphatic heterocycles. The van der Waals surface area contributed by atoms with Crippen LogP contribution in [-0.4, -0.2) is 153 Å². The number of nitrogens with one attached hydrogen (secondary N) is 4. The van der Waals surface area contributed by atoms with E-state index < -0.39 is 25.6 Å².